The van der Waals surface area contributed by atoms with Gasteiger partial charge in [0.25, 0.3) is 0 Å². The molecule has 0 saturated heterocycles. The molecule has 0 saturated carbocycles. The molecule has 0 aliphatic heterocycles. The van der Waals surface area contributed by atoms with E-state index in [4.69, 9.17) is 14.2 Å². The van der Waals surface area contributed by atoms with Crippen LogP contribution in [0.25, 0.3) is 0 Å². The van der Waals surface area contributed by atoms with E-state index < -0.39 is 6.10 Å². The molecule has 56 heavy (non-hydrogen) atoms. The van der Waals surface area contributed by atoms with E-state index in [9.17, 15) is 14.4 Å². The Labute approximate surface area is 348 Å². The van der Waals surface area contributed by atoms with Crippen LogP contribution in [-0.2, 0) is 28.6 Å². The standard InChI is InChI=1S/C50H96O6/c1-5-7-9-11-13-15-16-17-18-22-26-30-34-38-42-49(52)55-45-47(44-54-48(51)41-37-33-29-24-14-12-10-8-6-2)56-50(53)43-39-35-31-27-23-20-19-21-25-28-32-36-40-46(3)4/h46-47H,5-45H2,1-4H3/t47-/m1/s1. The molecule has 6 nitrogen and oxygen atoms in total. The zero-order chi connectivity index (χ0) is 41.0. The fourth-order valence-electron chi connectivity index (χ4n) is 7.51. The highest BCUT2D eigenvalue weighted by molar-refractivity contribution is 5.71. The van der Waals surface area contributed by atoms with Gasteiger partial charge in [0.15, 0.2) is 6.10 Å². The Balaban J connectivity index is 4.28. The highest BCUT2D eigenvalue weighted by atomic mass is 16.6. The first-order valence-electron chi connectivity index (χ1n) is 24.9. The van der Waals surface area contributed by atoms with Crippen molar-refractivity contribution in [2.24, 2.45) is 5.92 Å². The van der Waals surface area contributed by atoms with Gasteiger partial charge in [-0.05, 0) is 25.2 Å². The molecular formula is C50H96O6. The summed E-state index contributed by atoms with van der Waals surface area (Å²) in [6.45, 7) is 9.00. The number of unbranched alkanes of at least 4 members (excludes halogenated alkanes) is 32. The minimum atomic E-state index is -0.759. The van der Waals surface area contributed by atoms with Gasteiger partial charge < -0.3 is 14.2 Å². The molecule has 0 aromatic heterocycles. The van der Waals surface area contributed by atoms with Gasteiger partial charge >= 0.3 is 17.9 Å². The average Bonchev–Trinajstić information content (AvgIpc) is 3.18. The Morgan fingerprint density at radius 1 is 0.339 bits per heavy atom. The molecule has 0 amide bonds. The Morgan fingerprint density at radius 3 is 0.875 bits per heavy atom. The zero-order valence-corrected chi connectivity index (χ0v) is 38.1. The van der Waals surface area contributed by atoms with Gasteiger partial charge in [-0.3, -0.25) is 14.4 Å². The number of rotatable bonds is 45. The van der Waals surface area contributed by atoms with Crippen LogP contribution >= 0.6 is 0 Å². The van der Waals surface area contributed by atoms with E-state index in [-0.39, 0.29) is 31.1 Å². The number of carbonyl (C=O) groups excluding carboxylic acids is 3. The third kappa shape index (κ3) is 43.5. The van der Waals surface area contributed by atoms with Gasteiger partial charge in [0, 0.05) is 19.3 Å². The monoisotopic (exact) mass is 793 g/mol. The lowest BCUT2D eigenvalue weighted by atomic mass is 10.0. The Morgan fingerprint density at radius 2 is 0.589 bits per heavy atom. The van der Waals surface area contributed by atoms with Crippen LogP contribution in [0.5, 0.6) is 0 Å². The maximum absolute atomic E-state index is 12.7. The van der Waals surface area contributed by atoms with Gasteiger partial charge in [0.2, 0.25) is 0 Å². The summed E-state index contributed by atoms with van der Waals surface area (Å²) in [6.07, 6.45) is 45.1. The molecule has 0 bridgehead atoms. The number of hydrogen-bond acceptors (Lipinski definition) is 6. The summed E-state index contributed by atoms with van der Waals surface area (Å²) in [6, 6.07) is 0. The summed E-state index contributed by atoms with van der Waals surface area (Å²) in [5, 5.41) is 0. The molecule has 0 unspecified atom stereocenters. The summed E-state index contributed by atoms with van der Waals surface area (Å²) >= 11 is 0. The molecule has 0 aromatic carbocycles. The molecule has 0 N–H and O–H groups in total. The van der Waals surface area contributed by atoms with Crippen LogP contribution < -0.4 is 0 Å². The summed E-state index contributed by atoms with van der Waals surface area (Å²) in [7, 11) is 0. The first-order valence-corrected chi connectivity index (χ1v) is 24.9. The molecule has 6 heteroatoms. The maximum Gasteiger partial charge on any atom is 0.306 e. The lowest BCUT2D eigenvalue weighted by Gasteiger charge is -2.18. The number of ether oxygens (including phenoxy) is 3. The van der Waals surface area contributed by atoms with Crippen molar-refractivity contribution in [3.05, 3.63) is 0 Å². The van der Waals surface area contributed by atoms with E-state index >= 15 is 0 Å². The second-order valence-corrected chi connectivity index (χ2v) is 17.6. The fourth-order valence-corrected chi connectivity index (χ4v) is 7.51. The van der Waals surface area contributed by atoms with Crippen molar-refractivity contribution in [1.82, 2.24) is 0 Å². The molecule has 0 fully saturated rings. The molecule has 0 heterocycles. The van der Waals surface area contributed by atoms with Crippen LogP contribution in [0.1, 0.15) is 278 Å². The van der Waals surface area contributed by atoms with Crippen LogP contribution in [0.15, 0.2) is 0 Å². The van der Waals surface area contributed by atoms with E-state index in [1.165, 1.54) is 173 Å². The molecule has 1 atom stereocenters. The molecule has 0 aliphatic rings. The van der Waals surface area contributed by atoms with Gasteiger partial charge in [-0.1, -0.05) is 240 Å². The Hall–Kier alpha value is -1.59. The smallest absolute Gasteiger partial charge is 0.306 e. The van der Waals surface area contributed by atoms with E-state index in [1.54, 1.807) is 0 Å². The van der Waals surface area contributed by atoms with Crippen LogP contribution in [0, 0.1) is 5.92 Å². The lowest BCUT2D eigenvalue weighted by molar-refractivity contribution is -0.167. The largest absolute Gasteiger partial charge is 0.462 e. The highest BCUT2D eigenvalue weighted by Crippen LogP contribution is 2.17. The van der Waals surface area contributed by atoms with Gasteiger partial charge in [-0.25, -0.2) is 0 Å². The molecule has 0 aliphatic carbocycles. The summed E-state index contributed by atoms with van der Waals surface area (Å²) in [4.78, 5) is 37.8. The van der Waals surface area contributed by atoms with Crippen molar-refractivity contribution in [3.63, 3.8) is 0 Å². The molecule has 0 radical (unpaired) electrons. The van der Waals surface area contributed by atoms with E-state index in [1.807, 2.05) is 0 Å². The zero-order valence-electron chi connectivity index (χ0n) is 38.1. The van der Waals surface area contributed by atoms with Gasteiger partial charge in [0.1, 0.15) is 13.2 Å². The molecular weight excluding hydrogens is 697 g/mol. The molecule has 332 valence electrons. The van der Waals surface area contributed by atoms with Crippen molar-refractivity contribution in [2.45, 2.75) is 284 Å². The van der Waals surface area contributed by atoms with Crippen LogP contribution in [0.3, 0.4) is 0 Å². The Kier molecular flexibility index (Phi) is 43.2. The van der Waals surface area contributed by atoms with Crippen molar-refractivity contribution < 1.29 is 28.6 Å². The minimum absolute atomic E-state index is 0.0631. The van der Waals surface area contributed by atoms with Crippen LogP contribution in [-0.4, -0.2) is 37.2 Å². The maximum atomic E-state index is 12.7. The second kappa shape index (κ2) is 44.5. The fraction of sp³-hybridized carbons (Fsp3) is 0.940. The van der Waals surface area contributed by atoms with Crippen LogP contribution in [0.4, 0.5) is 0 Å². The third-order valence-corrected chi connectivity index (χ3v) is 11.3. The third-order valence-electron chi connectivity index (χ3n) is 11.3. The summed E-state index contributed by atoms with van der Waals surface area (Å²) < 4.78 is 16.8. The normalized spacial score (nSPS) is 11.9. The summed E-state index contributed by atoms with van der Waals surface area (Å²) in [5.41, 5.74) is 0. The molecule has 0 aromatic rings. The Bertz CT molecular complexity index is 841. The summed E-state index contributed by atoms with van der Waals surface area (Å²) in [5.74, 6) is -0.0173. The van der Waals surface area contributed by atoms with Crippen LogP contribution in [0.2, 0.25) is 0 Å². The van der Waals surface area contributed by atoms with E-state index in [2.05, 4.69) is 27.7 Å². The van der Waals surface area contributed by atoms with Crippen molar-refractivity contribution >= 4 is 17.9 Å². The highest BCUT2D eigenvalue weighted by Gasteiger charge is 2.19. The average molecular weight is 793 g/mol. The lowest BCUT2D eigenvalue weighted by Crippen LogP contribution is -2.30. The van der Waals surface area contributed by atoms with Gasteiger partial charge in [-0.2, -0.15) is 0 Å². The first-order chi connectivity index (χ1) is 27.4. The number of hydrogen-bond donors (Lipinski definition) is 0. The second-order valence-electron chi connectivity index (χ2n) is 17.6. The SMILES string of the molecule is CCCCCCCCCCCCCCCCC(=O)OC[C@@H](COC(=O)CCCCCCCCCCC)OC(=O)CCCCCCCCCCCCCCC(C)C. The topological polar surface area (TPSA) is 78.9 Å². The van der Waals surface area contributed by atoms with Crippen molar-refractivity contribution in [2.75, 3.05) is 13.2 Å². The molecule has 0 rings (SSSR count). The van der Waals surface area contributed by atoms with Crippen molar-refractivity contribution in [3.8, 4) is 0 Å². The van der Waals surface area contributed by atoms with Gasteiger partial charge in [-0.15, -0.1) is 0 Å². The van der Waals surface area contributed by atoms with E-state index in [0.29, 0.717) is 19.3 Å². The quantitative estimate of drug-likeness (QED) is 0.0347. The number of esters is 3. The number of carbonyl (C=O) groups is 3. The minimum Gasteiger partial charge on any atom is -0.462 e. The first kappa shape index (κ1) is 54.4. The van der Waals surface area contributed by atoms with Crippen molar-refractivity contribution in [1.29, 1.82) is 0 Å². The molecule has 0 spiro atoms. The van der Waals surface area contributed by atoms with Gasteiger partial charge in [0.05, 0.1) is 0 Å². The van der Waals surface area contributed by atoms with E-state index in [0.717, 1.165) is 63.7 Å². The predicted molar refractivity (Wildman–Crippen MR) is 238 cm³/mol. The predicted octanol–water partition coefficient (Wildman–Crippen LogP) is 15.9.